The zero-order valence-corrected chi connectivity index (χ0v) is 10.7. The lowest BCUT2D eigenvalue weighted by Crippen LogP contribution is -2.44. The van der Waals surface area contributed by atoms with Crippen molar-refractivity contribution in [1.82, 2.24) is 5.32 Å². The smallest absolute Gasteiger partial charge is 0.407 e. The molecule has 16 heavy (non-hydrogen) atoms. The average Bonchev–Trinajstić information content (AvgIpc) is 2.64. The molecular formula is C12H23NO3. The van der Waals surface area contributed by atoms with E-state index < -0.39 is 0 Å². The number of carbonyl (C=O) groups is 1. The van der Waals surface area contributed by atoms with Crippen LogP contribution in [0.5, 0.6) is 0 Å². The summed E-state index contributed by atoms with van der Waals surface area (Å²) in [6.45, 7) is 9.61. The first-order chi connectivity index (χ1) is 7.43. The van der Waals surface area contributed by atoms with E-state index >= 15 is 0 Å². The van der Waals surface area contributed by atoms with Crippen LogP contribution in [0.3, 0.4) is 0 Å². The maximum absolute atomic E-state index is 11.6. The summed E-state index contributed by atoms with van der Waals surface area (Å²) in [7, 11) is 0. The average molecular weight is 229 g/mol. The third-order valence-corrected chi connectivity index (χ3v) is 2.91. The molecule has 0 aromatic carbocycles. The highest BCUT2D eigenvalue weighted by atomic mass is 16.6. The Bertz CT molecular complexity index is 229. The third-order valence-electron chi connectivity index (χ3n) is 2.91. The number of hydrogen-bond acceptors (Lipinski definition) is 3. The first-order valence-electron chi connectivity index (χ1n) is 5.98. The summed E-state index contributed by atoms with van der Waals surface area (Å²) in [5.74, 6) is 0. The van der Waals surface area contributed by atoms with Gasteiger partial charge in [-0.3, -0.25) is 0 Å². The lowest BCUT2D eigenvalue weighted by atomic mass is 9.85. The van der Waals surface area contributed by atoms with Gasteiger partial charge in [-0.2, -0.15) is 0 Å². The normalized spacial score (nSPS) is 22.9. The van der Waals surface area contributed by atoms with Gasteiger partial charge in [-0.15, -0.1) is 0 Å². The highest BCUT2D eigenvalue weighted by Crippen LogP contribution is 2.21. The van der Waals surface area contributed by atoms with Gasteiger partial charge in [-0.05, 0) is 11.8 Å². The van der Waals surface area contributed by atoms with Crippen LogP contribution in [0.4, 0.5) is 4.79 Å². The summed E-state index contributed by atoms with van der Waals surface area (Å²) in [6, 6.07) is 0.141. The zero-order chi connectivity index (χ0) is 12.2. The summed E-state index contributed by atoms with van der Waals surface area (Å²) in [5, 5.41) is 2.92. The molecule has 1 N–H and O–H groups in total. The van der Waals surface area contributed by atoms with Crippen LogP contribution in [0.1, 0.15) is 40.5 Å². The van der Waals surface area contributed by atoms with Gasteiger partial charge in [0, 0.05) is 12.5 Å². The van der Waals surface area contributed by atoms with Crippen molar-refractivity contribution < 1.29 is 14.3 Å². The zero-order valence-electron chi connectivity index (χ0n) is 10.7. The Morgan fingerprint density at radius 1 is 1.56 bits per heavy atom. The molecule has 1 saturated heterocycles. The number of amides is 1. The molecule has 1 rings (SSSR count). The molecule has 0 radical (unpaired) electrons. The van der Waals surface area contributed by atoms with Gasteiger partial charge < -0.3 is 14.8 Å². The van der Waals surface area contributed by atoms with Gasteiger partial charge in [0.15, 0.2) is 0 Å². The number of hydrogen-bond donors (Lipinski definition) is 1. The van der Waals surface area contributed by atoms with Crippen LogP contribution in [-0.2, 0) is 9.47 Å². The Morgan fingerprint density at radius 2 is 2.25 bits per heavy atom. The molecule has 4 nitrogen and oxygen atoms in total. The minimum atomic E-state index is -0.322. The van der Waals surface area contributed by atoms with Crippen LogP contribution in [0.2, 0.25) is 0 Å². The summed E-state index contributed by atoms with van der Waals surface area (Å²) in [6.07, 6.45) is 1.31. The van der Waals surface area contributed by atoms with Gasteiger partial charge in [-0.1, -0.05) is 27.7 Å². The van der Waals surface area contributed by atoms with Gasteiger partial charge in [-0.25, -0.2) is 4.79 Å². The number of ether oxygens (including phenoxy) is 2. The molecule has 1 aliphatic rings. The number of carbonyl (C=O) groups excluding carboxylic acids is 1. The Labute approximate surface area is 97.7 Å². The summed E-state index contributed by atoms with van der Waals surface area (Å²) >= 11 is 0. The summed E-state index contributed by atoms with van der Waals surface area (Å²) < 4.78 is 10.4. The highest BCUT2D eigenvalue weighted by molar-refractivity contribution is 5.67. The highest BCUT2D eigenvalue weighted by Gasteiger charge is 2.27. The van der Waals surface area contributed by atoms with Crippen molar-refractivity contribution >= 4 is 6.09 Å². The summed E-state index contributed by atoms with van der Waals surface area (Å²) in [5.41, 5.74) is 0.0555. The van der Waals surface area contributed by atoms with Crippen molar-refractivity contribution in [2.45, 2.75) is 52.7 Å². The van der Waals surface area contributed by atoms with Crippen LogP contribution in [-0.4, -0.2) is 31.5 Å². The molecule has 1 fully saturated rings. The largest absolute Gasteiger partial charge is 0.444 e. The van der Waals surface area contributed by atoms with Gasteiger partial charge in [0.05, 0.1) is 13.2 Å². The van der Waals surface area contributed by atoms with Crippen LogP contribution < -0.4 is 5.32 Å². The number of nitrogens with one attached hydrogen (secondary N) is 1. The molecule has 94 valence electrons. The fraction of sp³-hybridized carbons (Fsp3) is 0.917. The summed E-state index contributed by atoms with van der Waals surface area (Å²) in [4.78, 5) is 11.6. The van der Waals surface area contributed by atoms with E-state index in [-0.39, 0.29) is 23.7 Å². The molecule has 2 unspecified atom stereocenters. The first-order valence-corrected chi connectivity index (χ1v) is 5.98. The van der Waals surface area contributed by atoms with E-state index in [0.717, 1.165) is 12.8 Å². The number of alkyl carbamates (subject to hydrolysis) is 1. The van der Waals surface area contributed by atoms with E-state index in [9.17, 15) is 4.79 Å². The maximum atomic E-state index is 11.6. The van der Waals surface area contributed by atoms with Crippen LogP contribution in [0.15, 0.2) is 0 Å². The predicted molar refractivity (Wildman–Crippen MR) is 62.4 cm³/mol. The minimum Gasteiger partial charge on any atom is -0.444 e. The second-order valence-electron chi connectivity index (χ2n) is 5.36. The Balaban J connectivity index is 2.36. The van der Waals surface area contributed by atoms with Gasteiger partial charge in [0.2, 0.25) is 0 Å². The molecule has 1 heterocycles. The molecule has 0 saturated carbocycles. The second kappa shape index (κ2) is 5.53. The molecule has 1 aliphatic heterocycles. The van der Waals surface area contributed by atoms with Crippen molar-refractivity contribution in [2.24, 2.45) is 5.41 Å². The van der Waals surface area contributed by atoms with Gasteiger partial charge in [0.1, 0.15) is 6.10 Å². The van der Waals surface area contributed by atoms with E-state index in [1.165, 1.54) is 0 Å². The van der Waals surface area contributed by atoms with Crippen LogP contribution in [0, 0.1) is 5.41 Å². The molecule has 0 aliphatic carbocycles. The van der Waals surface area contributed by atoms with Gasteiger partial charge >= 0.3 is 6.09 Å². The predicted octanol–water partition coefficient (Wildman–Crippen LogP) is 2.33. The quantitative estimate of drug-likeness (QED) is 0.808. The molecule has 0 spiro atoms. The Morgan fingerprint density at radius 3 is 2.69 bits per heavy atom. The van der Waals surface area contributed by atoms with E-state index in [4.69, 9.17) is 9.47 Å². The van der Waals surface area contributed by atoms with E-state index in [2.05, 4.69) is 33.0 Å². The molecular weight excluding hydrogens is 206 g/mol. The standard InChI is InChI=1S/C12H23NO3/c1-5-10(12(2,3)4)13-11(14)16-9-6-7-15-8-9/h9-10H,5-8H2,1-4H3,(H,13,14). The van der Waals surface area contributed by atoms with Crippen molar-refractivity contribution in [2.75, 3.05) is 13.2 Å². The first kappa shape index (κ1) is 13.3. The Hall–Kier alpha value is -0.770. The van der Waals surface area contributed by atoms with Crippen molar-refractivity contribution in [3.8, 4) is 0 Å². The fourth-order valence-electron chi connectivity index (χ4n) is 1.86. The lowest BCUT2D eigenvalue weighted by molar-refractivity contribution is 0.0759. The maximum Gasteiger partial charge on any atom is 0.407 e. The van der Waals surface area contributed by atoms with E-state index in [0.29, 0.717) is 13.2 Å². The van der Waals surface area contributed by atoms with Crippen molar-refractivity contribution in [1.29, 1.82) is 0 Å². The van der Waals surface area contributed by atoms with Crippen molar-refractivity contribution in [3.63, 3.8) is 0 Å². The molecule has 0 bridgehead atoms. The van der Waals surface area contributed by atoms with Crippen LogP contribution >= 0.6 is 0 Å². The molecule has 4 heteroatoms. The molecule has 1 amide bonds. The van der Waals surface area contributed by atoms with E-state index in [1.54, 1.807) is 0 Å². The minimum absolute atomic E-state index is 0.0555. The lowest BCUT2D eigenvalue weighted by Gasteiger charge is -2.30. The van der Waals surface area contributed by atoms with Crippen molar-refractivity contribution in [3.05, 3.63) is 0 Å². The topological polar surface area (TPSA) is 47.6 Å². The van der Waals surface area contributed by atoms with Gasteiger partial charge in [0.25, 0.3) is 0 Å². The second-order valence-corrected chi connectivity index (χ2v) is 5.36. The molecule has 0 aromatic rings. The SMILES string of the molecule is CCC(NC(=O)OC1CCOC1)C(C)(C)C. The monoisotopic (exact) mass is 229 g/mol. The Kier molecular flexibility index (Phi) is 4.59. The van der Waals surface area contributed by atoms with Crippen LogP contribution in [0.25, 0.3) is 0 Å². The number of rotatable bonds is 3. The fourth-order valence-corrected chi connectivity index (χ4v) is 1.86. The van der Waals surface area contributed by atoms with E-state index in [1.807, 2.05) is 0 Å². The third kappa shape index (κ3) is 4.00. The molecule has 0 aromatic heterocycles. The molecule has 2 atom stereocenters.